The summed E-state index contributed by atoms with van der Waals surface area (Å²) < 4.78 is 11.7. The van der Waals surface area contributed by atoms with Gasteiger partial charge in [0.1, 0.15) is 0 Å². The van der Waals surface area contributed by atoms with Gasteiger partial charge in [0.05, 0.1) is 18.8 Å². The SMILES string of the molecule is CCC1CC(CN)(N2CC(C)OCC2CC)CCO1. The van der Waals surface area contributed by atoms with Crippen molar-refractivity contribution in [3.05, 3.63) is 0 Å². The first-order valence-corrected chi connectivity index (χ1v) is 7.85. The molecule has 4 heteroatoms. The van der Waals surface area contributed by atoms with Gasteiger partial charge >= 0.3 is 0 Å². The van der Waals surface area contributed by atoms with E-state index in [1.54, 1.807) is 0 Å². The molecule has 2 saturated heterocycles. The van der Waals surface area contributed by atoms with E-state index < -0.39 is 0 Å². The Morgan fingerprint density at radius 3 is 2.68 bits per heavy atom. The fourth-order valence-corrected chi connectivity index (χ4v) is 3.59. The fourth-order valence-electron chi connectivity index (χ4n) is 3.59. The van der Waals surface area contributed by atoms with E-state index in [1.807, 2.05) is 0 Å². The Hall–Kier alpha value is -0.160. The summed E-state index contributed by atoms with van der Waals surface area (Å²) in [6.07, 6.45) is 5.03. The average Bonchev–Trinajstić information content (AvgIpc) is 2.47. The molecule has 0 aromatic heterocycles. The quantitative estimate of drug-likeness (QED) is 0.846. The second kappa shape index (κ2) is 6.53. The van der Waals surface area contributed by atoms with Crippen molar-refractivity contribution in [2.24, 2.45) is 5.73 Å². The Labute approximate surface area is 117 Å². The van der Waals surface area contributed by atoms with Gasteiger partial charge in [-0.25, -0.2) is 0 Å². The standard InChI is InChI=1S/C15H30N2O2/c1-4-13-10-19-12(3)9-17(13)15(11-16)6-7-18-14(5-2)8-15/h12-14H,4-11,16H2,1-3H3. The topological polar surface area (TPSA) is 47.7 Å². The third-order valence-electron chi connectivity index (χ3n) is 4.91. The Morgan fingerprint density at radius 1 is 1.26 bits per heavy atom. The molecule has 2 heterocycles. The minimum absolute atomic E-state index is 0.123. The van der Waals surface area contributed by atoms with Crippen LogP contribution >= 0.6 is 0 Å². The highest BCUT2D eigenvalue weighted by Gasteiger charge is 2.44. The second-order valence-electron chi connectivity index (χ2n) is 6.14. The van der Waals surface area contributed by atoms with Gasteiger partial charge in [-0.1, -0.05) is 13.8 Å². The maximum Gasteiger partial charge on any atom is 0.0675 e. The zero-order valence-corrected chi connectivity index (χ0v) is 12.7. The first-order valence-electron chi connectivity index (χ1n) is 7.85. The Kier molecular flexibility index (Phi) is 5.23. The number of hydrogen-bond acceptors (Lipinski definition) is 4. The number of morpholine rings is 1. The van der Waals surface area contributed by atoms with Gasteiger partial charge < -0.3 is 15.2 Å². The van der Waals surface area contributed by atoms with Crippen LogP contribution in [0.1, 0.15) is 46.5 Å². The summed E-state index contributed by atoms with van der Waals surface area (Å²) >= 11 is 0. The van der Waals surface area contributed by atoms with Crippen molar-refractivity contribution in [2.75, 3.05) is 26.3 Å². The minimum Gasteiger partial charge on any atom is -0.378 e. The van der Waals surface area contributed by atoms with Crippen molar-refractivity contribution >= 4 is 0 Å². The van der Waals surface area contributed by atoms with Crippen LogP contribution in [0.5, 0.6) is 0 Å². The molecule has 19 heavy (non-hydrogen) atoms. The van der Waals surface area contributed by atoms with Crippen LogP contribution in [0.25, 0.3) is 0 Å². The molecule has 2 N–H and O–H groups in total. The number of nitrogens with two attached hydrogens (primary N) is 1. The van der Waals surface area contributed by atoms with Gasteiger partial charge in [0.2, 0.25) is 0 Å². The molecule has 4 nitrogen and oxygen atoms in total. The number of hydrogen-bond donors (Lipinski definition) is 1. The first-order chi connectivity index (χ1) is 9.15. The minimum atomic E-state index is 0.123. The first kappa shape index (κ1) is 15.2. The molecular weight excluding hydrogens is 240 g/mol. The van der Waals surface area contributed by atoms with E-state index in [1.165, 1.54) is 0 Å². The lowest BCUT2D eigenvalue weighted by molar-refractivity contribution is -0.139. The molecule has 2 fully saturated rings. The molecule has 2 aliphatic heterocycles. The van der Waals surface area contributed by atoms with Gasteiger partial charge in [0, 0.05) is 31.3 Å². The molecular formula is C15H30N2O2. The van der Waals surface area contributed by atoms with Crippen molar-refractivity contribution < 1.29 is 9.47 Å². The molecule has 0 radical (unpaired) electrons. The zero-order valence-electron chi connectivity index (χ0n) is 12.7. The van der Waals surface area contributed by atoms with Gasteiger partial charge in [0.25, 0.3) is 0 Å². The molecule has 0 aromatic rings. The number of nitrogens with zero attached hydrogens (tertiary/aromatic N) is 1. The summed E-state index contributed by atoms with van der Waals surface area (Å²) in [6.45, 7) is 10.0. The molecule has 0 aliphatic carbocycles. The van der Waals surface area contributed by atoms with E-state index in [2.05, 4.69) is 25.7 Å². The van der Waals surface area contributed by atoms with Crippen LogP contribution in [0.4, 0.5) is 0 Å². The summed E-state index contributed by atoms with van der Waals surface area (Å²) in [7, 11) is 0. The predicted octanol–water partition coefficient (Wildman–Crippen LogP) is 1.77. The Balaban J connectivity index is 2.17. The van der Waals surface area contributed by atoms with Crippen LogP contribution in [0.2, 0.25) is 0 Å². The third kappa shape index (κ3) is 3.13. The van der Waals surface area contributed by atoms with Gasteiger partial charge in [-0.05, 0) is 32.6 Å². The maximum atomic E-state index is 6.21. The maximum absolute atomic E-state index is 6.21. The Morgan fingerprint density at radius 2 is 2.05 bits per heavy atom. The molecule has 2 aliphatic rings. The van der Waals surface area contributed by atoms with Gasteiger partial charge in [-0.3, -0.25) is 4.90 Å². The molecule has 0 saturated carbocycles. The highest BCUT2D eigenvalue weighted by atomic mass is 16.5. The fraction of sp³-hybridized carbons (Fsp3) is 1.00. The van der Waals surface area contributed by atoms with E-state index in [0.29, 0.717) is 18.2 Å². The molecule has 2 rings (SSSR count). The average molecular weight is 270 g/mol. The van der Waals surface area contributed by atoms with Gasteiger partial charge in [-0.2, -0.15) is 0 Å². The van der Waals surface area contributed by atoms with Crippen LogP contribution in [0.3, 0.4) is 0 Å². The molecule has 0 spiro atoms. The zero-order chi connectivity index (χ0) is 13.9. The van der Waals surface area contributed by atoms with E-state index in [0.717, 1.165) is 52.0 Å². The van der Waals surface area contributed by atoms with E-state index in [9.17, 15) is 0 Å². The second-order valence-corrected chi connectivity index (χ2v) is 6.14. The lowest BCUT2D eigenvalue weighted by Crippen LogP contribution is -2.65. The molecule has 0 aromatic carbocycles. The molecule has 0 amide bonds. The van der Waals surface area contributed by atoms with Gasteiger partial charge in [0.15, 0.2) is 0 Å². The Bertz CT molecular complexity index is 287. The summed E-state index contributed by atoms with van der Waals surface area (Å²) in [5, 5.41) is 0. The van der Waals surface area contributed by atoms with Crippen molar-refractivity contribution in [1.29, 1.82) is 0 Å². The monoisotopic (exact) mass is 270 g/mol. The highest BCUT2D eigenvalue weighted by Crippen LogP contribution is 2.35. The highest BCUT2D eigenvalue weighted by molar-refractivity contribution is 5.00. The van der Waals surface area contributed by atoms with Crippen molar-refractivity contribution in [2.45, 2.75) is 70.2 Å². The van der Waals surface area contributed by atoms with E-state index in [4.69, 9.17) is 15.2 Å². The van der Waals surface area contributed by atoms with Crippen molar-refractivity contribution in [3.8, 4) is 0 Å². The largest absolute Gasteiger partial charge is 0.378 e. The van der Waals surface area contributed by atoms with Gasteiger partial charge in [-0.15, -0.1) is 0 Å². The lowest BCUT2D eigenvalue weighted by Gasteiger charge is -2.53. The van der Waals surface area contributed by atoms with Crippen LogP contribution in [0, 0.1) is 0 Å². The number of ether oxygens (including phenoxy) is 2. The molecule has 4 atom stereocenters. The number of rotatable bonds is 4. The predicted molar refractivity (Wildman–Crippen MR) is 77.2 cm³/mol. The van der Waals surface area contributed by atoms with Crippen LogP contribution in [-0.2, 0) is 9.47 Å². The summed E-state index contributed by atoms with van der Waals surface area (Å²) in [4.78, 5) is 2.65. The molecule has 0 bridgehead atoms. The van der Waals surface area contributed by atoms with Crippen molar-refractivity contribution in [1.82, 2.24) is 4.90 Å². The molecule has 112 valence electrons. The normalized spacial score (nSPS) is 41.4. The summed E-state index contributed by atoms with van der Waals surface area (Å²) in [5.41, 5.74) is 6.33. The van der Waals surface area contributed by atoms with E-state index in [-0.39, 0.29) is 5.54 Å². The van der Waals surface area contributed by atoms with Crippen LogP contribution in [0.15, 0.2) is 0 Å². The van der Waals surface area contributed by atoms with Crippen LogP contribution < -0.4 is 5.73 Å². The smallest absolute Gasteiger partial charge is 0.0675 e. The lowest BCUT2D eigenvalue weighted by atomic mass is 9.82. The summed E-state index contributed by atoms with van der Waals surface area (Å²) in [6, 6.07) is 0.510. The van der Waals surface area contributed by atoms with Crippen LogP contribution in [-0.4, -0.2) is 55.0 Å². The van der Waals surface area contributed by atoms with E-state index >= 15 is 0 Å². The van der Waals surface area contributed by atoms with Crippen molar-refractivity contribution in [3.63, 3.8) is 0 Å². The molecule has 4 unspecified atom stereocenters. The summed E-state index contributed by atoms with van der Waals surface area (Å²) in [5.74, 6) is 0. The third-order valence-corrected chi connectivity index (χ3v) is 4.91.